The molecule has 0 atom stereocenters. The van der Waals surface area contributed by atoms with Crippen LogP contribution in [0.5, 0.6) is 0 Å². The summed E-state index contributed by atoms with van der Waals surface area (Å²) in [6.07, 6.45) is 2.30. The molecule has 0 aliphatic carbocycles. The third kappa shape index (κ3) is 2.63. The lowest BCUT2D eigenvalue weighted by Crippen LogP contribution is -2.31. The number of hydrogen-bond donors (Lipinski definition) is 0. The molecule has 3 heterocycles. The zero-order valence-corrected chi connectivity index (χ0v) is 13.7. The normalized spacial score (nSPS) is 17.0. The third-order valence-corrected chi connectivity index (χ3v) is 4.76. The van der Waals surface area contributed by atoms with Crippen molar-refractivity contribution in [1.82, 2.24) is 19.4 Å². The van der Waals surface area contributed by atoms with Gasteiger partial charge in [0.25, 0.3) is 0 Å². The molecule has 0 radical (unpaired) electrons. The zero-order valence-electron chi connectivity index (χ0n) is 13.7. The second-order valence-corrected chi connectivity index (χ2v) is 6.50. The Labute approximate surface area is 136 Å². The number of rotatable bonds is 2. The first-order valence-electron chi connectivity index (χ1n) is 8.32. The fourth-order valence-electron chi connectivity index (χ4n) is 3.46. The average Bonchev–Trinajstić information content (AvgIpc) is 2.95. The van der Waals surface area contributed by atoms with E-state index in [-0.39, 0.29) is 0 Å². The van der Waals surface area contributed by atoms with Gasteiger partial charge in [0, 0.05) is 17.3 Å². The summed E-state index contributed by atoms with van der Waals surface area (Å²) in [5.41, 5.74) is 4.24. The number of aryl methyl sites for hydroxylation is 1. The number of benzene rings is 1. The summed E-state index contributed by atoms with van der Waals surface area (Å²) >= 11 is 0. The summed E-state index contributed by atoms with van der Waals surface area (Å²) in [6, 6.07) is 15.1. The van der Waals surface area contributed by atoms with Crippen molar-refractivity contribution in [3.05, 3.63) is 48.2 Å². The smallest absolute Gasteiger partial charge is 0.160 e. The second-order valence-electron chi connectivity index (χ2n) is 6.50. The van der Waals surface area contributed by atoms with Crippen molar-refractivity contribution in [3.8, 4) is 11.4 Å². The van der Waals surface area contributed by atoms with Crippen LogP contribution in [-0.4, -0.2) is 39.6 Å². The predicted molar refractivity (Wildman–Crippen MR) is 93.5 cm³/mol. The molecule has 118 valence electrons. The van der Waals surface area contributed by atoms with Crippen molar-refractivity contribution < 1.29 is 0 Å². The molecule has 1 aliphatic rings. The number of likely N-dealkylation sites (tertiary alicyclic amines) is 1. The van der Waals surface area contributed by atoms with Crippen LogP contribution >= 0.6 is 0 Å². The van der Waals surface area contributed by atoms with E-state index in [1.54, 1.807) is 0 Å². The Bertz CT molecular complexity index is 814. The lowest BCUT2D eigenvalue weighted by Gasteiger charge is -2.30. The maximum absolute atomic E-state index is 4.91. The summed E-state index contributed by atoms with van der Waals surface area (Å²) in [5, 5.41) is 0. The largest absolute Gasteiger partial charge is 0.306 e. The van der Waals surface area contributed by atoms with E-state index < -0.39 is 0 Å². The van der Waals surface area contributed by atoms with Crippen LogP contribution in [0.2, 0.25) is 0 Å². The first kappa shape index (κ1) is 14.4. The molecular weight excluding hydrogens is 284 g/mol. The first-order chi connectivity index (χ1) is 11.2. The number of pyridine rings is 1. The SMILES string of the molecule is Cc1ccc2nc(-c3ccccc3)n(C3CCN(C)CC3)c2n1. The van der Waals surface area contributed by atoms with E-state index in [9.17, 15) is 0 Å². The molecule has 0 bridgehead atoms. The summed E-state index contributed by atoms with van der Waals surface area (Å²) in [6.45, 7) is 4.31. The number of piperidine rings is 1. The van der Waals surface area contributed by atoms with E-state index in [1.165, 1.54) is 5.56 Å². The molecule has 4 heteroatoms. The number of imidazole rings is 1. The van der Waals surface area contributed by atoms with Gasteiger partial charge < -0.3 is 9.47 Å². The molecule has 1 fully saturated rings. The summed E-state index contributed by atoms with van der Waals surface area (Å²) in [4.78, 5) is 12.1. The fourth-order valence-corrected chi connectivity index (χ4v) is 3.46. The van der Waals surface area contributed by atoms with Gasteiger partial charge in [-0.1, -0.05) is 30.3 Å². The molecule has 2 aromatic heterocycles. The zero-order chi connectivity index (χ0) is 15.8. The quantitative estimate of drug-likeness (QED) is 0.724. The van der Waals surface area contributed by atoms with Gasteiger partial charge in [0.05, 0.1) is 0 Å². The molecule has 0 saturated carbocycles. The van der Waals surface area contributed by atoms with E-state index in [4.69, 9.17) is 9.97 Å². The highest BCUT2D eigenvalue weighted by Crippen LogP contribution is 2.32. The van der Waals surface area contributed by atoms with Crippen LogP contribution in [0.1, 0.15) is 24.6 Å². The van der Waals surface area contributed by atoms with Gasteiger partial charge in [-0.2, -0.15) is 0 Å². The molecule has 0 N–H and O–H groups in total. The molecule has 1 aliphatic heterocycles. The van der Waals surface area contributed by atoms with Crippen LogP contribution in [0.4, 0.5) is 0 Å². The van der Waals surface area contributed by atoms with Crippen LogP contribution in [0.25, 0.3) is 22.6 Å². The molecule has 0 unspecified atom stereocenters. The molecule has 1 saturated heterocycles. The summed E-state index contributed by atoms with van der Waals surface area (Å²) in [5.74, 6) is 1.05. The van der Waals surface area contributed by atoms with Crippen LogP contribution < -0.4 is 0 Å². The fraction of sp³-hybridized carbons (Fsp3) is 0.368. The van der Waals surface area contributed by atoms with Crippen LogP contribution in [0.3, 0.4) is 0 Å². The van der Waals surface area contributed by atoms with Crippen molar-refractivity contribution in [2.24, 2.45) is 0 Å². The lowest BCUT2D eigenvalue weighted by atomic mass is 10.0. The predicted octanol–water partition coefficient (Wildman–Crippen LogP) is 3.67. The Morgan fingerprint density at radius 2 is 1.70 bits per heavy atom. The van der Waals surface area contributed by atoms with Gasteiger partial charge in [-0.05, 0) is 52.0 Å². The third-order valence-electron chi connectivity index (χ3n) is 4.76. The summed E-state index contributed by atoms with van der Waals surface area (Å²) < 4.78 is 2.38. The van der Waals surface area contributed by atoms with Crippen LogP contribution in [0.15, 0.2) is 42.5 Å². The Balaban J connectivity index is 1.89. The van der Waals surface area contributed by atoms with E-state index in [0.717, 1.165) is 48.6 Å². The topological polar surface area (TPSA) is 34.0 Å². The maximum atomic E-state index is 4.91. The minimum atomic E-state index is 0.473. The van der Waals surface area contributed by atoms with Crippen molar-refractivity contribution in [2.45, 2.75) is 25.8 Å². The van der Waals surface area contributed by atoms with Gasteiger partial charge >= 0.3 is 0 Å². The highest BCUT2D eigenvalue weighted by molar-refractivity contribution is 5.77. The van der Waals surface area contributed by atoms with Gasteiger partial charge in [-0.25, -0.2) is 9.97 Å². The van der Waals surface area contributed by atoms with Crippen molar-refractivity contribution in [1.29, 1.82) is 0 Å². The molecule has 23 heavy (non-hydrogen) atoms. The minimum absolute atomic E-state index is 0.473. The molecule has 4 nitrogen and oxygen atoms in total. The lowest BCUT2D eigenvalue weighted by molar-refractivity contribution is 0.224. The number of nitrogens with zero attached hydrogens (tertiary/aromatic N) is 4. The molecule has 1 aromatic carbocycles. The van der Waals surface area contributed by atoms with Gasteiger partial charge in [0.1, 0.15) is 11.3 Å². The van der Waals surface area contributed by atoms with Crippen molar-refractivity contribution in [3.63, 3.8) is 0 Å². The Hall–Kier alpha value is -2.20. The van der Waals surface area contributed by atoms with E-state index in [0.29, 0.717) is 6.04 Å². The Morgan fingerprint density at radius 3 is 2.43 bits per heavy atom. The van der Waals surface area contributed by atoms with Crippen LogP contribution in [-0.2, 0) is 0 Å². The van der Waals surface area contributed by atoms with E-state index in [1.807, 2.05) is 13.0 Å². The van der Waals surface area contributed by atoms with Crippen molar-refractivity contribution >= 4 is 11.2 Å². The Morgan fingerprint density at radius 1 is 0.957 bits per heavy atom. The molecular formula is C19H22N4. The summed E-state index contributed by atoms with van der Waals surface area (Å²) in [7, 11) is 2.20. The second kappa shape index (κ2) is 5.78. The highest BCUT2D eigenvalue weighted by atomic mass is 15.2. The van der Waals surface area contributed by atoms with Gasteiger partial charge in [0.15, 0.2) is 5.65 Å². The molecule has 3 aromatic rings. The monoisotopic (exact) mass is 306 g/mol. The Kier molecular flexibility index (Phi) is 3.62. The standard InChI is InChI=1S/C19H22N4/c1-14-8-9-17-19(20-14)23(16-10-12-22(2)13-11-16)18(21-17)15-6-4-3-5-7-15/h3-9,16H,10-13H2,1-2H3. The molecule has 0 spiro atoms. The van der Waals surface area contributed by atoms with E-state index in [2.05, 4.69) is 52.9 Å². The average molecular weight is 306 g/mol. The van der Waals surface area contributed by atoms with Crippen molar-refractivity contribution in [2.75, 3.05) is 20.1 Å². The molecule has 4 rings (SSSR count). The highest BCUT2D eigenvalue weighted by Gasteiger charge is 2.24. The number of aromatic nitrogens is 3. The molecule has 0 amide bonds. The van der Waals surface area contributed by atoms with Gasteiger partial charge in [-0.3, -0.25) is 0 Å². The number of hydrogen-bond acceptors (Lipinski definition) is 3. The maximum Gasteiger partial charge on any atom is 0.160 e. The first-order valence-corrected chi connectivity index (χ1v) is 8.32. The van der Waals surface area contributed by atoms with E-state index >= 15 is 0 Å². The number of fused-ring (bicyclic) bond motifs is 1. The van der Waals surface area contributed by atoms with Gasteiger partial charge in [0.2, 0.25) is 0 Å². The van der Waals surface area contributed by atoms with Crippen LogP contribution in [0, 0.1) is 6.92 Å². The van der Waals surface area contributed by atoms with Gasteiger partial charge in [-0.15, -0.1) is 0 Å². The minimum Gasteiger partial charge on any atom is -0.306 e.